The second kappa shape index (κ2) is 7.23. The molecule has 4 atom stereocenters. The molecule has 1 amide bonds. The van der Waals surface area contributed by atoms with Gasteiger partial charge in [-0.3, -0.25) is 9.59 Å². The van der Waals surface area contributed by atoms with Crippen molar-refractivity contribution in [1.82, 2.24) is 4.90 Å². The number of hydrogen-bond donors (Lipinski definition) is 0. The highest BCUT2D eigenvalue weighted by molar-refractivity contribution is 5.91. The van der Waals surface area contributed by atoms with Gasteiger partial charge in [0.05, 0.1) is 25.2 Å². The van der Waals surface area contributed by atoms with Crippen molar-refractivity contribution in [2.45, 2.75) is 44.3 Å². The van der Waals surface area contributed by atoms with Crippen LogP contribution in [0.15, 0.2) is 12.2 Å². The molecular formula is C18H27NO5. The number of nitrogens with zero attached hydrogens (tertiary/aromatic N) is 1. The Morgan fingerprint density at radius 1 is 1.38 bits per heavy atom. The van der Waals surface area contributed by atoms with Crippen LogP contribution in [0.25, 0.3) is 0 Å². The topological polar surface area (TPSA) is 65.1 Å². The van der Waals surface area contributed by atoms with Crippen LogP contribution in [0.3, 0.4) is 0 Å². The molecule has 24 heavy (non-hydrogen) atoms. The predicted molar refractivity (Wildman–Crippen MR) is 87.3 cm³/mol. The van der Waals surface area contributed by atoms with E-state index in [1.807, 2.05) is 12.2 Å². The second-order valence-electron chi connectivity index (χ2n) is 6.88. The van der Waals surface area contributed by atoms with Gasteiger partial charge in [-0.15, -0.1) is 0 Å². The molecule has 2 saturated heterocycles. The first-order chi connectivity index (χ1) is 11.6. The molecule has 2 bridgehead atoms. The maximum Gasteiger partial charge on any atom is 0.312 e. The molecule has 0 aromatic rings. The molecule has 0 N–H and O–H groups in total. The average Bonchev–Trinajstić information content (AvgIpc) is 3.20. The molecule has 3 aliphatic rings. The van der Waals surface area contributed by atoms with Crippen molar-refractivity contribution < 1.29 is 23.8 Å². The van der Waals surface area contributed by atoms with E-state index < -0.39 is 17.4 Å². The Kier molecular flexibility index (Phi) is 5.25. The number of carbonyl (C=O) groups is 2. The normalized spacial score (nSPS) is 33.3. The summed E-state index contributed by atoms with van der Waals surface area (Å²) in [5.74, 6) is -1.22. The molecular weight excluding hydrogens is 310 g/mol. The first-order valence-electron chi connectivity index (χ1n) is 8.94. The van der Waals surface area contributed by atoms with Gasteiger partial charge in [0, 0.05) is 20.3 Å². The molecule has 6 heteroatoms. The van der Waals surface area contributed by atoms with Gasteiger partial charge in [-0.05, 0) is 12.8 Å². The van der Waals surface area contributed by atoms with Crippen LogP contribution in [0.2, 0.25) is 0 Å². The predicted octanol–water partition coefficient (Wildman–Crippen LogP) is 1.54. The van der Waals surface area contributed by atoms with E-state index in [1.165, 1.54) is 0 Å². The largest absolute Gasteiger partial charge is 0.465 e. The van der Waals surface area contributed by atoms with Crippen molar-refractivity contribution in [3.8, 4) is 0 Å². The number of esters is 1. The Labute approximate surface area is 143 Å². The fraction of sp³-hybridized carbons (Fsp3) is 0.778. The van der Waals surface area contributed by atoms with Gasteiger partial charge < -0.3 is 19.1 Å². The molecule has 0 radical (unpaired) electrons. The van der Waals surface area contributed by atoms with E-state index in [-0.39, 0.29) is 18.0 Å². The molecule has 0 aromatic heterocycles. The average molecular weight is 337 g/mol. The zero-order valence-electron chi connectivity index (χ0n) is 14.5. The van der Waals surface area contributed by atoms with Crippen LogP contribution in [0, 0.1) is 11.8 Å². The molecule has 2 fully saturated rings. The van der Waals surface area contributed by atoms with Crippen LogP contribution in [-0.2, 0) is 23.8 Å². The van der Waals surface area contributed by atoms with E-state index in [2.05, 4.69) is 6.92 Å². The highest BCUT2D eigenvalue weighted by Crippen LogP contribution is 2.52. The van der Waals surface area contributed by atoms with E-state index in [1.54, 1.807) is 12.0 Å². The minimum Gasteiger partial charge on any atom is -0.465 e. The summed E-state index contributed by atoms with van der Waals surface area (Å²) in [7, 11) is 1.65. The summed E-state index contributed by atoms with van der Waals surface area (Å²) in [5.41, 5.74) is -0.637. The summed E-state index contributed by atoms with van der Waals surface area (Å²) >= 11 is 0. The van der Waals surface area contributed by atoms with E-state index in [9.17, 15) is 9.59 Å². The Bertz CT molecular complexity index is 520. The molecule has 3 rings (SSSR count). The van der Waals surface area contributed by atoms with Crippen molar-refractivity contribution in [3.05, 3.63) is 12.2 Å². The zero-order valence-corrected chi connectivity index (χ0v) is 14.5. The van der Waals surface area contributed by atoms with Crippen molar-refractivity contribution >= 4 is 11.9 Å². The lowest BCUT2D eigenvalue weighted by atomic mass is 9.77. The van der Waals surface area contributed by atoms with Gasteiger partial charge in [0.25, 0.3) is 0 Å². The van der Waals surface area contributed by atoms with E-state index in [4.69, 9.17) is 14.2 Å². The van der Waals surface area contributed by atoms with Crippen molar-refractivity contribution in [2.75, 3.05) is 33.4 Å². The van der Waals surface area contributed by atoms with Crippen molar-refractivity contribution in [2.24, 2.45) is 11.8 Å². The number of amides is 1. The second-order valence-corrected chi connectivity index (χ2v) is 6.88. The summed E-state index contributed by atoms with van der Waals surface area (Å²) in [6, 6.07) is 0. The smallest absolute Gasteiger partial charge is 0.312 e. The summed E-state index contributed by atoms with van der Waals surface area (Å²) in [5, 5.41) is 0. The third kappa shape index (κ3) is 2.97. The van der Waals surface area contributed by atoms with Crippen LogP contribution in [0.4, 0.5) is 0 Å². The molecule has 0 aliphatic carbocycles. The number of hydrogen-bond acceptors (Lipinski definition) is 5. The molecule has 0 unspecified atom stereocenters. The highest BCUT2D eigenvalue weighted by atomic mass is 16.6. The van der Waals surface area contributed by atoms with Crippen LogP contribution in [0.1, 0.15) is 32.6 Å². The monoisotopic (exact) mass is 337 g/mol. The van der Waals surface area contributed by atoms with Crippen LogP contribution >= 0.6 is 0 Å². The zero-order chi connectivity index (χ0) is 17.2. The Balaban J connectivity index is 1.64. The summed E-state index contributed by atoms with van der Waals surface area (Å²) in [6.07, 6.45) is 7.33. The number of likely N-dealkylation sites (tertiary alicyclic amines) is 1. The van der Waals surface area contributed by atoms with Gasteiger partial charge in [0.1, 0.15) is 11.5 Å². The molecule has 0 saturated carbocycles. The number of methoxy groups -OCH3 is 1. The van der Waals surface area contributed by atoms with E-state index >= 15 is 0 Å². The van der Waals surface area contributed by atoms with Crippen molar-refractivity contribution in [3.63, 3.8) is 0 Å². The van der Waals surface area contributed by atoms with Gasteiger partial charge >= 0.3 is 5.97 Å². The lowest BCUT2D eigenvalue weighted by molar-refractivity contribution is -0.154. The van der Waals surface area contributed by atoms with Gasteiger partial charge in [-0.1, -0.05) is 31.9 Å². The summed E-state index contributed by atoms with van der Waals surface area (Å²) in [4.78, 5) is 27.1. The van der Waals surface area contributed by atoms with Crippen LogP contribution in [-0.4, -0.2) is 61.9 Å². The standard InChI is InChI=1S/C18H27NO5/c1-3-4-5-11-23-17(21)14-13-7-8-18(24-13)12-19(9-6-10-22-2)16(20)15(14)18/h7-8,13-15H,3-6,9-12H2,1-2H3/t13-,14+,15-,18+/m0/s1. The molecule has 3 aliphatic heterocycles. The maximum absolute atomic E-state index is 12.8. The van der Waals surface area contributed by atoms with Crippen molar-refractivity contribution in [1.29, 1.82) is 0 Å². The molecule has 3 heterocycles. The summed E-state index contributed by atoms with van der Waals surface area (Å²) < 4.78 is 16.5. The SMILES string of the molecule is CCCCCOC(=O)[C@@H]1[C@@H]2C=C[C@]3(CN(CCCOC)C(=O)[C@H]13)O2. The van der Waals surface area contributed by atoms with Gasteiger partial charge in [-0.2, -0.15) is 0 Å². The molecule has 0 aromatic carbocycles. The minimum absolute atomic E-state index is 0.00783. The van der Waals surface area contributed by atoms with E-state index in [0.29, 0.717) is 26.3 Å². The number of unbranched alkanes of at least 4 members (excludes halogenated alkanes) is 2. The van der Waals surface area contributed by atoms with Crippen LogP contribution < -0.4 is 0 Å². The lowest BCUT2D eigenvalue weighted by Crippen LogP contribution is -2.40. The van der Waals surface area contributed by atoms with Gasteiger partial charge in [-0.25, -0.2) is 0 Å². The maximum atomic E-state index is 12.8. The quantitative estimate of drug-likeness (QED) is 0.363. The number of ether oxygens (including phenoxy) is 3. The third-order valence-corrected chi connectivity index (χ3v) is 5.22. The first kappa shape index (κ1) is 17.4. The van der Waals surface area contributed by atoms with Gasteiger partial charge in [0.2, 0.25) is 5.91 Å². The Morgan fingerprint density at radius 2 is 2.21 bits per heavy atom. The minimum atomic E-state index is -0.637. The summed E-state index contributed by atoms with van der Waals surface area (Å²) in [6.45, 7) is 4.29. The fourth-order valence-corrected chi connectivity index (χ4v) is 4.06. The van der Waals surface area contributed by atoms with Crippen LogP contribution in [0.5, 0.6) is 0 Å². The highest BCUT2D eigenvalue weighted by Gasteiger charge is 2.67. The first-order valence-corrected chi connectivity index (χ1v) is 8.94. The number of fused-ring (bicyclic) bond motifs is 1. The van der Waals surface area contributed by atoms with E-state index in [0.717, 1.165) is 25.7 Å². The Hall–Kier alpha value is -1.40. The molecule has 6 nitrogen and oxygen atoms in total. The lowest BCUT2D eigenvalue weighted by Gasteiger charge is -2.22. The number of rotatable bonds is 9. The molecule has 1 spiro atoms. The number of carbonyl (C=O) groups excluding carboxylic acids is 2. The Morgan fingerprint density at radius 3 is 2.96 bits per heavy atom. The fourth-order valence-electron chi connectivity index (χ4n) is 4.06. The molecule has 134 valence electrons. The third-order valence-electron chi connectivity index (χ3n) is 5.22. The van der Waals surface area contributed by atoms with Gasteiger partial charge in [0.15, 0.2) is 0 Å².